The van der Waals surface area contributed by atoms with Crippen LogP contribution in [0.1, 0.15) is 43.3 Å². The van der Waals surface area contributed by atoms with E-state index in [2.05, 4.69) is 15.1 Å². The lowest BCUT2D eigenvalue weighted by Gasteiger charge is -2.35. The summed E-state index contributed by atoms with van der Waals surface area (Å²) in [6.07, 6.45) is 9.41. The molecule has 3 aromatic heterocycles. The largest absolute Gasteiger partial charge is 0.294 e. The van der Waals surface area contributed by atoms with Crippen molar-refractivity contribution in [1.82, 2.24) is 29.3 Å². The number of likely N-dealkylation sites (tertiary alicyclic amines) is 1. The summed E-state index contributed by atoms with van der Waals surface area (Å²) in [4.78, 5) is 20.3. The van der Waals surface area contributed by atoms with Crippen molar-refractivity contribution in [1.29, 1.82) is 0 Å². The quantitative estimate of drug-likeness (QED) is 0.664. The van der Waals surface area contributed by atoms with Crippen LogP contribution < -0.4 is 5.56 Å². The van der Waals surface area contributed by atoms with Crippen molar-refractivity contribution in [2.75, 3.05) is 6.54 Å². The average Bonchev–Trinajstić information content (AvgIpc) is 3.30. The Kier molecular flexibility index (Phi) is 5.12. The molecule has 1 fully saturated rings. The van der Waals surface area contributed by atoms with E-state index in [0.717, 1.165) is 43.2 Å². The Labute approximate surface area is 156 Å². The molecule has 8 heteroatoms. The van der Waals surface area contributed by atoms with E-state index in [1.807, 2.05) is 30.1 Å². The Morgan fingerprint density at radius 1 is 1.35 bits per heavy atom. The second-order valence-corrected chi connectivity index (χ2v) is 7.85. The van der Waals surface area contributed by atoms with Crippen LogP contribution in [-0.4, -0.2) is 41.9 Å². The zero-order valence-corrected chi connectivity index (χ0v) is 15.9. The van der Waals surface area contributed by atoms with Gasteiger partial charge in [-0.3, -0.25) is 14.4 Å². The fourth-order valence-corrected chi connectivity index (χ4v) is 4.49. The molecule has 1 unspecified atom stereocenters. The normalized spacial score (nSPS) is 18.6. The molecule has 1 atom stereocenters. The maximum atomic E-state index is 12.4. The maximum Gasteiger partial charge on any atom is 0.275 e. The molecule has 0 amide bonds. The molecule has 1 saturated heterocycles. The summed E-state index contributed by atoms with van der Waals surface area (Å²) in [5.74, 6) is 0. The molecule has 7 nitrogen and oxygen atoms in total. The SMILES string of the molecule is CCc1nn2c(=O)cc(CN3CCCCC3CCn3cccn3)nc2s1. The second kappa shape index (κ2) is 7.67. The first kappa shape index (κ1) is 17.4. The molecule has 0 radical (unpaired) electrons. The summed E-state index contributed by atoms with van der Waals surface area (Å²) in [5.41, 5.74) is 0.776. The number of piperidine rings is 1. The van der Waals surface area contributed by atoms with Gasteiger partial charge in [-0.05, 0) is 38.3 Å². The highest BCUT2D eigenvalue weighted by Gasteiger charge is 2.23. The third-order valence-corrected chi connectivity index (χ3v) is 6.06. The summed E-state index contributed by atoms with van der Waals surface area (Å²) < 4.78 is 3.42. The molecule has 138 valence electrons. The van der Waals surface area contributed by atoms with Gasteiger partial charge >= 0.3 is 0 Å². The number of rotatable bonds is 6. The van der Waals surface area contributed by atoms with E-state index in [4.69, 9.17) is 4.98 Å². The molecule has 1 aliphatic heterocycles. The molecule has 4 rings (SSSR count). The van der Waals surface area contributed by atoms with Gasteiger partial charge in [-0.1, -0.05) is 24.7 Å². The molecular formula is C18H24N6OS. The highest BCUT2D eigenvalue weighted by molar-refractivity contribution is 7.16. The average molecular weight is 372 g/mol. The molecule has 26 heavy (non-hydrogen) atoms. The summed E-state index contributed by atoms with van der Waals surface area (Å²) in [7, 11) is 0. The lowest BCUT2D eigenvalue weighted by atomic mass is 9.99. The first-order valence-corrected chi connectivity index (χ1v) is 10.1. The molecule has 3 aromatic rings. The highest BCUT2D eigenvalue weighted by atomic mass is 32.1. The molecule has 0 saturated carbocycles. The van der Waals surface area contributed by atoms with Crippen LogP contribution in [0.3, 0.4) is 0 Å². The van der Waals surface area contributed by atoms with Crippen LogP contribution in [0.5, 0.6) is 0 Å². The van der Waals surface area contributed by atoms with Gasteiger partial charge in [0.2, 0.25) is 4.96 Å². The van der Waals surface area contributed by atoms with Gasteiger partial charge in [0.25, 0.3) is 5.56 Å². The van der Waals surface area contributed by atoms with Crippen molar-refractivity contribution in [3.63, 3.8) is 0 Å². The zero-order chi connectivity index (χ0) is 17.9. The monoisotopic (exact) mass is 372 g/mol. The first-order chi connectivity index (χ1) is 12.7. The van der Waals surface area contributed by atoms with E-state index in [1.54, 1.807) is 6.07 Å². The van der Waals surface area contributed by atoms with E-state index >= 15 is 0 Å². The predicted octanol–water partition coefficient (Wildman–Crippen LogP) is 2.35. The standard InChI is InChI=1S/C18H24N6OS/c1-2-16-21-24-17(25)12-14(20-18(24)26-16)13-22-9-4-3-6-15(22)7-11-23-10-5-8-19-23/h5,8,10,12,15H,2-4,6-7,9,11,13H2,1H3. The summed E-state index contributed by atoms with van der Waals surface area (Å²) >= 11 is 1.51. The van der Waals surface area contributed by atoms with Gasteiger partial charge in [0.15, 0.2) is 0 Å². The van der Waals surface area contributed by atoms with Crippen LogP contribution in [-0.2, 0) is 19.5 Å². The van der Waals surface area contributed by atoms with Crippen LogP contribution in [0.4, 0.5) is 0 Å². The third kappa shape index (κ3) is 3.71. The number of aryl methyl sites for hydroxylation is 2. The Hall–Kier alpha value is -2.06. The second-order valence-electron chi connectivity index (χ2n) is 6.81. The number of hydrogen-bond acceptors (Lipinski definition) is 6. The van der Waals surface area contributed by atoms with Crippen LogP contribution in [0.2, 0.25) is 0 Å². The summed E-state index contributed by atoms with van der Waals surface area (Å²) in [6, 6.07) is 4.12. The van der Waals surface area contributed by atoms with Crippen molar-refractivity contribution in [2.45, 2.75) is 58.2 Å². The van der Waals surface area contributed by atoms with Gasteiger partial charge in [-0.15, -0.1) is 0 Å². The van der Waals surface area contributed by atoms with E-state index in [9.17, 15) is 4.79 Å². The lowest BCUT2D eigenvalue weighted by molar-refractivity contribution is 0.126. The number of fused-ring (bicyclic) bond motifs is 1. The summed E-state index contributed by atoms with van der Waals surface area (Å²) in [6.45, 7) is 4.77. The minimum absolute atomic E-state index is 0.0777. The highest BCUT2D eigenvalue weighted by Crippen LogP contribution is 2.22. The van der Waals surface area contributed by atoms with Gasteiger partial charge in [-0.2, -0.15) is 14.7 Å². The van der Waals surface area contributed by atoms with Crippen molar-refractivity contribution in [3.05, 3.63) is 45.6 Å². The van der Waals surface area contributed by atoms with Gasteiger partial charge in [-0.25, -0.2) is 4.98 Å². The molecule has 0 N–H and O–H groups in total. The van der Waals surface area contributed by atoms with E-state index in [0.29, 0.717) is 11.0 Å². The van der Waals surface area contributed by atoms with Crippen molar-refractivity contribution in [3.8, 4) is 0 Å². The van der Waals surface area contributed by atoms with E-state index in [-0.39, 0.29) is 5.56 Å². The zero-order valence-electron chi connectivity index (χ0n) is 15.0. The molecule has 0 aliphatic carbocycles. The third-order valence-electron chi connectivity index (χ3n) is 5.01. The molecule has 0 aromatic carbocycles. The van der Waals surface area contributed by atoms with E-state index in [1.165, 1.54) is 35.1 Å². The van der Waals surface area contributed by atoms with Crippen LogP contribution in [0, 0.1) is 0 Å². The van der Waals surface area contributed by atoms with Gasteiger partial charge < -0.3 is 0 Å². The maximum absolute atomic E-state index is 12.4. The Balaban J connectivity index is 1.50. The molecule has 0 bridgehead atoms. The van der Waals surface area contributed by atoms with Gasteiger partial charge in [0.05, 0.1) is 5.69 Å². The number of nitrogens with zero attached hydrogens (tertiary/aromatic N) is 6. The topological polar surface area (TPSA) is 68.3 Å². The smallest absolute Gasteiger partial charge is 0.275 e. The fourth-order valence-electron chi connectivity index (χ4n) is 3.64. The Morgan fingerprint density at radius 3 is 3.08 bits per heavy atom. The predicted molar refractivity (Wildman–Crippen MR) is 101 cm³/mol. The van der Waals surface area contributed by atoms with Crippen molar-refractivity contribution < 1.29 is 0 Å². The minimum atomic E-state index is -0.0777. The molecule has 1 aliphatic rings. The van der Waals surface area contributed by atoms with Gasteiger partial charge in [0.1, 0.15) is 5.01 Å². The Morgan fingerprint density at radius 2 is 2.27 bits per heavy atom. The number of hydrogen-bond donors (Lipinski definition) is 0. The van der Waals surface area contributed by atoms with Crippen LogP contribution in [0.15, 0.2) is 29.3 Å². The van der Waals surface area contributed by atoms with Crippen molar-refractivity contribution >= 4 is 16.3 Å². The van der Waals surface area contributed by atoms with E-state index < -0.39 is 0 Å². The fraction of sp³-hybridized carbons (Fsp3) is 0.556. The summed E-state index contributed by atoms with van der Waals surface area (Å²) in [5, 5.41) is 9.58. The number of aromatic nitrogens is 5. The van der Waals surface area contributed by atoms with Gasteiger partial charge in [0, 0.05) is 37.6 Å². The minimum Gasteiger partial charge on any atom is -0.294 e. The first-order valence-electron chi connectivity index (χ1n) is 9.33. The molecular weight excluding hydrogens is 348 g/mol. The molecule has 4 heterocycles. The van der Waals surface area contributed by atoms with Crippen molar-refractivity contribution in [2.24, 2.45) is 0 Å². The van der Waals surface area contributed by atoms with Crippen LogP contribution in [0.25, 0.3) is 4.96 Å². The lowest BCUT2D eigenvalue weighted by Crippen LogP contribution is -2.40. The van der Waals surface area contributed by atoms with Crippen LogP contribution >= 0.6 is 11.3 Å². The Bertz CT molecular complexity index is 916. The molecule has 0 spiro atoms.